The Balaban J connectivity index is 1.70. The van der Waals surface area contributed by atoms with Gasteiger partial charge in [-0.1, -0.05) is 30.1 Å². The quantitative estimate of drug-likeness (QED) is 0.813. The van der Waals surface area contributed by atoms with Gasteiger partial charge in [0.05, 0.1) is 5.92 Å². The molecule has 6 heteroatoms. The van der Waals surface area contributed by atoms with Gasteiger partial charge in [-0.15, -0.1) is 0 Å². The zero-order valence-electron chi connectivity index (χ0n) is 13.1. The second kappa shape index (κ2) is 6.70. The van der Waals surface area contributed by atoms with Gasteiger partial charge in [0.2, 0.25) is 11.8 Å². The summed E-state index contributed by atoms with van der Waals surface area (Å²) in [4.78, 5) is 28.5. The smallest absolute Gasteiger partial charge is 0.228 e. The molecular formula is C17H20Cl2N2O2. The molecule has 1 atom stereocenters. The molecule has 0 bridgehead atoms. The fraction of sp³-hybridized carbons (Fsp3) is 0.529. The van der Waals surface area contributed by atoms with Crippen LogP contribution in [0, 0.1) is 11.8 Å². The van der Waals surface area contributed by atoms with E-state index in [0.717, 1.165) is 25.9 Å². The maximum absolute atomic E-state index is 12.7. The first-order valence-electron chi connectivity index (χ1n) is 7.99. The third-order valence-electron chi connectivity index (χ3n) is 4.73. The lowest BCUT2D eigenvalue weighted by atomic mass is 9.97. The van der Waals surface area contributed by atoms with Crippen LogP contribution in [-0.2, 0) is 9.59 Å². The number of benzene rings is 1. The van der Waals surface area contributed by atoms with E-state index < -0.39 is 0 Å². The van der Waals surface area contributed by atoms with Gasteiger partial charge in [0.25, 0.3) is 0 Å². The molecule has 1 aromatic rings. The summed E-state index contributed by atoms with van der Waals surface area (Å²) in [5.41, 5.74) is 0.662. The predicted octanol–water partition coefficient (Wildman–Crippen LogP) is 3.60. The van der Waals surface area contributed by atoms with Crippen LogP contribution in [0.3, 0.4) is 0 Å². The Labute approximate surface area is 146 Å². The molecule has 0 aliphatic carbocycles. The second-order valence-electron chi connectivity index (χ2n) is 6.54. The molecule has 1 aromatic carbocycles. The molecule has 2 heterocycles. The largest absolute Gasteiger partial charge is 0.342 e. The minimum atomic E-state index is -0.270. The van der Waals surface area contributed by atoms with Gasteiger partial charge in [-0.25, -0.2) is 0 Å². The van der Waals surface area contributed by atoms with E-state index in [1.807, 2.05) is 4.90 Å². The molecule has 2 aliphatic heterocycles. The highest BCUT2D eigenvalue weighted by atomic mass is 35.5. The van der Waals surface area contributed by atoms with Crippen LogP contribution < -0.4 is 4.90 Å². The summed E-state index contributed by atoms with van der Waals surface area (Å²) in [5.74, 6) is 0.455. The summed E-state index contributed by atoms with van der Waals surface area (Å²) in [6.07, 6.45) is 2.34. The van der Waals surface area contributed by atoms with Crippen molar-refractivity contribution in [3.63, 3.8) is 0 Å². The highest BCUT2D eigenvalue weighted by Crippen LogP contribution is 2.31. The van der Waals surface area contributed by atoms with Crippen LogP contribution in [0.15, 0.2) is 18.2 Å². The Morgan fingerprint density at radius 3 is 2.35 bits per heavy atom. The van der Waals surface area contributed by atoms with E-state index in [4.69, 9.17) is 23.2 Å². The predicted molar refractivity (Wildman–Crippen MR) is 91.9 cm³/mol. The molecule has 0 radical (unpaired) electrons. The zero-order chi connectivity index (χ0) is 16.6. The fourth-order valence-corrected chi connectivity index (χ4v) is 3.82. The lowest BCUT2D eigenvalue weighted by Gasteiger charge is -2.32. The number of amides is 2. The van der Waals surface area contributed by atoms with Crippen molar-refractivity contribution >= 4 is 40.7 Å². The second-order valence-corrected chi connectivity index (χ2v) is 7.41. The zero-order valence-corrected chi connectivity index (χ0v) is 14.6. The van der Waals surface area contributed by atoms with Crippen LogP contribution in [0.25, 0.3) is 0 Å². The lowest BCUT2D eigenvalue weighted by Crippen LogP contribution is -2.42. The van der Waals surface area contributed by atoms with Crippen LogP contribution in [0.4, 0.5) is 5.69 Å². The van der Waals surface area contributed by atoms with Crippen molar-refractivity contribution in [1.29, 1.82) is 0 Å². The molecule has 0 aromatic heterocycles. The number of rotatable bonds is 2. The number of halogens is 2. The van der Waals surface area contributed by atoms with Crippen molar-refractivity contribution in [2.45, 2.75) is 26.2 Å². The average molecular weight is 355 g/mol. The topological polar surface area (TPSA) is 40.6 Å². The molecule has 2 aliphatic rings. The summed E-state index contributed by atoms with van der Waals surface area (Å²) < 4.78 is 0. The number of carbonyl (C=O) groups is 2. The monoisotopic (exact) mass is 354 g/mol. The number of nitrogens with zero attached hydrogens (tertiary/aromatic N) is 2. The number of hydrogen-bond donors (Lipinski definition) is 0. The van der Waals surface area contributed by atoms with Crippen molar-refractivity contribution < 1.29 is 9.59 Å². The summed E-state index contributed by atoms with van der Waals surface area (Å²) >= 11 is 12.0. The molecule has 4 nitrogen and oxygen atoms in total. The van der Waals surface area contributed by atoms with Crippen LogP contribution in [-0.4, -0.2) is 36.3 Å². The SMILES string of the molecule is CC1CCN(C(=O)C2CC(=O)N(c3cc(Cl)cc(Cl)c3)C2)CC1. The van der Waals surface area contributed by atoms with Gasteiger partial charge in [-0.2, -0.15) is 0 Å². The van der Waals surface area contributed by atoms with Gasteiger partial charge < -0.3 is 9.80 Å². The number of piperidine rings is 1. The Morgan fingerprint density at radius 1 is 1.13 bits per heavy atom. The third kappa shape index (κ3) is 3.64. The first-order valence-corrected chi connectivity index (χ1v) is 8.75. The van der Waals surface area contributed by atoms with Gasteiger partial charge in [0, 0.05) is 41.8 Å². The Kier molecular flexibility index (Phi) is 4.83. The van der Waals surface area contributed by atoms with E-state index >= 15 is 0 Å². The maximum atomic E-state index is 12.7. The molecule has 0 N–H and O–H groups in total. The van der Waals surface area contributed by atoms with E-state index in [2.05, 4.69) is 6.92 Å². The van der Waals surface area contributed by atoms with Gasteiger partial charge in [-0.3, -0.25) is 9.59 Å². The van der Waals surface area contributed by atoms with Crippen molar-refractivity contribution in [1.82, 2.24) is 4.90 Å². The summed E-state index contributed by atoms with van der Waals surface area (Å²) in [6.45, 7) is 4.22. The molecule has 124 valence electrons. The molecule has 2 amide bonds. The highest BCUT2D eigenvalue weighted by molar-refractivity contribution is 6.35. The molecular weight excluding hydrogens is 335 g/mol. The minimum absolute atomic E-state index is 0.0490. The average Bonchev–Trinajstić information content (AvgIpc) is 2.88. The number of carbonyl (C=O) groups excluding carboxylic acids is 2. The van der Waals surface area contributed by atoms with E-state index in [1.54, 1.807) is 23.1 Å². The minimum Gasteiger partial charge on any atom is -0.342 e. The molecule has 3 rings (SSSR count). The Bertz CT molecular complexity index is 607. The van der Waals surface area contributed by atoms with Crippen LogP contribution in [0.5, 0.6) is 0 Å². The Hall–Kier alpha value is -1.26. The molecule has 1 unspecified atom stereocenters. The Morgan fingerprint density at radius 2 is 1.74 bits per heavy atom. The van der Waals surface area contributed by atoms with Gasteiger partial charge in [0.1, 0.15) is 0 Å². The molecule has 0 saturated carbocycles. The van der Waals surface area contributed by atoms with Crippen molar-refractivity contribution in [2.75, 3.05) is 24.5 Å². The van der Waals surface area contributed by atoms with E-state index in [9.17, 15) is 9.59 Å². The molecule has 2 fully saturated rings. The van der Waals surface area contributed by atoms with Crippen molar-refractivity contribution in [2.24, 2.45) is 11.8 Å². The van der Waals surface area contributed by atoms with Crippen LogP contribution in [0.1, 0.15) is 26.2 Å². The van der Waals surface area contributed by atoms with E-state index in [0.29, 0.717) is 28.2 Å². The maximum Gasteiger partial charge on any atom is 0.228 e. The number of hydrogen-bond acceptors (Lipinski definition) is 2. The molecule has 23 heavy (non-hydrogen) atoms. The van der Waals surface area contributed by atoms with Crippen LogP contribution in [0.2, 0.25) is 10.0 Å². The van der Waals surface area contributed by atoms with Gasteiger partial charge >= 0.3 is 0 Å². The fourth-order valence-electron chi connectivity index (χ4n) is 3.30. The summed E-state index contributed by atoms with van der Waals surface area (Å²) in [6, 6.07) is 5.05. The van der Waals surface area contributed by atoms with Crippen molar-refractivity contribution in [3.8, 4) is 0 Å². The number of anilines is 1. The molecule has 2 saturated heterocycles. The standard InChI is InChI=1S/C17H20Cl2N2O2/c1-11-2-4-20(5-3-11)17(23)12-6-16(22)21(10-12)15-8-13(18)7-14(19)9-15/h7-9,11-12H,2-6,10H2,1H3. The summed E-state index contributed by atoms with van der Waals surface area (Å²) in [7, 11) is 0. The van der Waals surface area contributed by atoms with Gasteiger partial charge in [0.15, 0.2) is 0 Å². The van der Waals surface area contributed by atoms with Crippen molar-refractivity contribution in [3.05, 3.63) is 28.2 Å². The number of likely N-dealkylation sites (tertiary alicyclic amines) is 1. The van der Waals surface area contributed by atoms with Crippen LogP contribution >= 0.6 is 23.2 Å². The van der Waals surface area contributed by atoms with E-state index in [-0.39, 0.29) is 24.2 Å². The highest BCUT2D eigenvalue weighted by Gasteiger charge is 2.37. The third-order valence-corrected chi connectivity index (χ3v) is 5.17. The molecule has 0 spiro atoms. The summed E-state index contributed by atoms with van der Waals surface area (Å²) in [5, 5.41) is 0.972. The first-order chi connectivity index (χ1) is 10.9. The first kappa shape index (κ1) is 16.6. The normalized spacial score (nSPS) is 22.7. The van der Waals surface area contributed by atoms with Gasteiger partial charge in [-0.05, 0) is 37.0 Å². The lowest BCUT2D eigenvalue weighted by molar-refractivity contribution is -0.137. The van der Waals surface area contributed by atoms with E-state index in [1.165, 1.54) is 0 Å².